The maximum atomic E-state index is 4.95. The largest absolute Gasteiger partial charge is 0.293 e. The normalized spacial score (nSPS) is 5.50. The van der Waals surface area contributed by atoms with Crippen molar-refractivity contribution in [3.05, 3.63) is 24.8 Å². The molecule has 0 amide bonds. The predicted octanol–water partition coefficient (Wildman–Crippen LogP) is 1.55. The van der Waals surface area contributed by atoms with Gasteiger partial charge in [0.2, 0.25) is 0 Å². The van der Waals surface area contributed by atoms with Crippen molar-refractivity contribution >= 4 is 0 Å². The van der Waals surface area contributed by atoms with E-state index in [1.807, 2.05) is 6.92 Å². The minimum absolute atomic E-state index is 0. The summed E-state index contributed by atoms with van der Waals surface area (Å²) in [5.41, 5.74) is 0.907. The molecule has 0 spiro atoms. The Morgan fingerprint density at radius 1 is 1.83 bits per heavy atom. The fourth-order valence-corrected chi connectivity index (χ4v) is 0. The van der Waals surface area contributed by atoms with Gasteiger partial charge in [0.25, 0.3) is 0 Å². The summed E-state index contributed by atoms with van der Waals surface area (Å²) in [6.07, 6.45) is 1.47. The second kappa shape index (κ2) is 5.17. The van der Waals surface area contributed by atoms with E-state index in [2.05, 4.69) is 6.58 Å². The Bertz CT molecular complexity index is 55.0. The standard InChI is InChI=1S/C5H7.W/c1-4-5(2)3;/h1,4H,2H2,3H3;/q-1;. The van der Waals surface area contributed by atoms with Crippen LogP contribution in [0.15, 0.2) is 18.2 Å². The smallest absolute Gasteiger partial charge is 0 e. The van der Waals surface area contributed by atoms with Gasteiger partial charge in [-0.3, -0.25) is 6.58 Å². The van der Waals surface area contributed by atoms with Gasteiger partial charge >= 0.3 is 0 Å². The molecule has 6 heavy (non-hydrogen) atoms. The van der Waals surface area contributed by atoms with E-state index in [1.165, 1.54) is 6.08 Å². The molecular formula is C5H7W-. The first-order valence-corrected chi connectivity index (χ1v) is 1.48. The van der Waals surface area contributed by atoms with Crippen LogP contribution in [0, 0.1) is 6.58 Å². The van der Waals surface area contributed by atoms with E-state index >= 15 is 0 Å². The summed E-state index contributed by atoms with van der Waals surface area (Å²) in [7, 11) is 0. The van der Waals surface area contributed by atoms with Gasteiger partial charge in [-0.2, -0.15) is 6.58 Å². The quantitative estimate of drug-likeness (QED) is 0.490. The summed E-state index contributed by atoms with van der Waals surface area (Å²) < 4.78 is 0. The van der Waals surface area contributed by atoms with Crippen molar-refractivity contribution in [1.29, 1.82) is 0 Å². The monoisotopic (exact) mass is 251 g/mol. The van der Waals surface area contributed by atoms with Gasteiger partial charge < -0.3 is 0 Å². The minimum atomic E-state index is 0. The number of allylic oxidation sites excluding steroid dienone is 2. The van der Waals surface area contributed by atoms with Crippen molar-refractivity contribution in [2.24, 2.45) is 0 Å². The molecule has 0 aliphatic heterocycles. The van der Waals surface area contributed by atoms with Crippen LogP contribution >= 0.6 is 0 Å². The first-order valence-electron chi connectivity index (χ1n) is 1.48. The molecule has 0 fully saturated rings. The van der Waals surface area contributed by atoms with E-state index < -0.39 is 0 Å². The Hall–Kier alpha value is 0.168. The number of hydrogen-bond donors (Lipinski definition) is 0. The van der Waals surface area contributed by atoms with Crippen LogP contribution in [0.4, 0.5) is 0 Å². The van der Waals surface area contributed by atoms with E-state index in [0.717, 1.165) is 5.57 Å². The van der Waals surface area contributed by atoms with Crippen molar-refractivity contribution in [3.63, 3.8) is 0 Å². The van der Waals surface area contributed by atoms with Crippen LogP contribution in [0.25, 0.3) is 0 Å². The first-order chi connectivity index (χ1) is 2.27. The van der Waals surface area contributed by atoms with Gasteiger partial charge in [-0.05, 0) is 0 Å². The van der Waals surface area contributed by atoms with Crippen molar-refractivity contribution in [3.8, 4) is 0 Å². The third-order valence-electron chi connectivity index (χ3n) is 0.285. The molecule has 0 aliphatic rings. The Kier molecular flexibility index (Phi) is 8.17. The van der Waals surface area contributed by atoms with Crippen LogP contribution in [-0.2, 0) is 21.1 Å². The van der Waals surface area contributed by atoms with Gasteiger partial charge in [-0.1, -0.05) is 0 Å². The van der Waals surface area contributed by atoms with E-state index in [-0.39, 0.29) is 21.1 Å². The summed E-state index contributed by atoms with van der Waals surface area (Å²) in [4.78, 5) is 0. The molecule has 0 aliphatic carbocycles. The Balaban J connectivity index is 0. The van der Waals surface area contributed by atoms with Gasteiger partial charge in [0.05, 0.1) is 0 Å². The molecule has 0 radical (unpaired) electrons. The zero-order chi connectivity index (χ0) is 4.28. The first kappa shape index (κ1) is 9.48. The molecule has 0 heterocycles. The summed E-state index contributed by atoms with van der Waals surface area (Å²) in [6, 6.07) is 0. The summed E-state index contributed by atoms with van der Waals surface area (Å²) >= 11 is 0. The van der Waals surface area contributed by atoms with Crippen LogP contribution in [0.2, 0.25) is 0 Å². The molecule has 0 N–H and O–H groups in total. The van der Waals surface area contributed by atoms with Gasteiger partial charge in [0, 0.05) is 21.1 Å². The molecule has 0 aromatic rings. The van der Waals surface area contributed by atoms with E-state index in [4.69, 9.17) is 6.58 Å². The molecule has 1 heteroatoms. The Morgan fingerprint density at radius 2 is 2.00 bits per heavy atom. The average Bonchev–Trinajstić information content (AvgIpc) is 1.38. The number of hydrogen-bond acceptors (Lipinski definition) is 0. The molecule has 0 rings (SSSR count). The number of rotatable bonds is 1. The van der Waals surface area contributed by atoms with Gasteiger partial charge in [0.1, 0.15) is 0 Å². The summed E-state index contributed by atoms with van der Waals surface area (Å²) in [5.74, 6) is 0. The summed E-state index contributed by atoms with van der Waals surface area (Å²) in [5, 5.41) is 0. The van der Waals surface area contributed by atoms with Gasteiger partial charge in [0.15, 0.2) is 0 Å². The average molecular weight is 251 g/mol. The molecule has 0 atom stereocenters. The van der Waals surface area contributed by atoms with E-state index in [0.29, 0.717) is 0 Å². The summed E-state index contributed by atoms with van der Waals surface area (Å²) in [6.45, 7) is 10.3. The van der Waals surface area contributed by atoms with Crippen molar-refractivity contribution < 1.29 is 21.1 Å². The maximum Gasteiger partial charge on any atom is 0 e. The fraction of sp³-hybridized carbons (Fsp3) is 0.200. The van der Waals surface area contributed by atoms with Crippen LogP contribution in [0.3, 0.4) is 0 Å². The molecule has 0 unspecified atom stereocenters. The molecule has 0 nitrogen and oxygen atoms in total. The molecule has 34 valence electrons. The zero-order valence-corrected chi connectivity index (χ0v) is 6.70. The van der Waals surface area contributed by atoms with Crippen LogP contribution in [0.1, 0.15) is 6.92 Å². The molecule has 0 saturated heterocycles. The van der Waals surface area contributed by atoms with E-state index in [9.17, 15) is 0 Å². The molecule has 0 aromatic carbocycles. The predicted molar refractivity (Wildman–Crippen MR) is 23.7 cm³/mol. The topological polar surface area (TPSA) is 0 Å². The van der Waals surface area contributed by atoms with Gasteiger partial charge in [-0.25, -0.2) is 11.6 Å². The Labute approximate surface area is 53.2 Å². The van der Waals surface area contributed by atoms with Crippen LogP contribution in [0.5, 0.6) is 0 Å². The minimum Gasteiger partial charge on any atom is -0.293 e. The van der Waals surface area contributed by atoms with Crippen LogP contribution < -0.4 is 0 Å². The van der Waals surface area contributed by atoms with Crippen molar-refractivity contribution in [2.75, 3.05) is 0 Å². The second-order valence-corrected chi connectivity index (χ2v) is 1.01. The fourth-order valence-electron chi connectivity index (χ4n) is 0. The molecule has 0 saturated carbocycles. The maximum absolute atomic E-state index is 4.95. The Morgan fingerprint density at radius 3 is 2.00 bits per heavy atom. The SMILES string of the molecule is [CH-]=CC(=C)C.[W]. The molecule has 0 aromatic heterocycles. The van der Waals surface area contributed by atoms with E-state index in [1.54, 1.807) is 0 Å². The van der Waals surface area contributed by atoms with Crippen LogP contribution in [-0.4, -0.2) is 0 Å². The molecular weight excluding hydrogens is 244 g/mol. The second-order valence-electron chi connectivity index (χ2n) is 1.01. The van der Waals surface area contributed by atoms with Crippen molar-refractivity contribution in [1.82, 2.24) is 0 Å². The third kappa shape index (κ3) is 8.90. The van der Waals surface area contributed by atoms with Crippen molar-refractivity contribution in [2.45, 2.75) is 6.92 Å². The zero-order valence-electron chi connectivity index (χ0n) is 3.77. The van der Waals surface area contributed by atoms with Gasteiger partial charge in [-0.15, -0.1) is 6.92 Å². The third-order valence-corrected chi connectivity index (χ3v) is 0.285. The molecule has 0 bridgehead atoms.